The average Bonchev–Trinajstić information content (AvgIpc) is 3.08. The predicted molar refractivity (Wildman–Crippen MR) is 91.8 cm³/mol. The molecule has 1 fully saturated rings. The second-order valence-electron chi connectivity index (χ2n) is 5.90. The number of likely N-dealkylation sites (tertiary alicyclic amines) is 1. The summed E-state index contributed by atoms with van der Waals surface area (Å²) >= 11 is 6.04. The Balaban J connectivity index is 1.78. The maximum atomic E-state index is 13.9. The first-order valence-corrected chi connectivity index (χ1v) is 8.34. The van der Waals surface area contributed by atoms with E-state index in [0.29, 0.717) is 11.6 Å². The fraction of sp³-hybridized carbons (Fsp3) is 0.316. The summed E-state index contributed by atoms with van der Waals surface area (Å²) in [5.74, 6) is 0.254. The second kappa shape index (κ2) is 7.22. The van der Waals surface area contributed by atoms with E-state index in [1.54, 1.807) is 19.2 Å². The monoisotopic (exact) mass is 347 g/mol. The molecule has 0 saturated carbocycles. The number of halogens is 2. The summed E-state index contributed by atoms with van der Waals surface area (Å²) in [6, 6.07) is 12.2. The van der Waals surface area contributed by atoms with Crippen molar-refractivity contribution in [3.8, 4) is 5.75 Å². The van der Waals surface area contributed by atoms with Crippen molar-refractivity contribution in [2.24, 2.45) is 0 Å². The van der Waals surface area contributed by atoms with Gasteiger partial charge in [0.1, 0.15) is 11.6 Å². The third-order valence-corrected chi connectivity index (χ3v) is 4.82. The molecule has 0 aliphatic carbocycles. The molecule has 1 saturated heterocycles. The lowest BCUT2D eigenvalue weighted by atomic mass is 10.0. The lowest BCUT2D eigenvalue weighted by Gasteiger charge is -2.25. The van der Waals surface area contributed by atoms with Crippen molar-refractivity contribution in [2.75, 3.05) is 13.7 Å². The maximum Gasteiger partial charge on any atom is 0.227 e. The van der Waals surface area contributed by atoms with Crippen LogP contribution in [-0.4, -0.2) is 24.5 Å². The van der Waals surface area contributed by atoms with Crippen LogP contribution < -0.4 is 4.74 Å². The Bertz CT molecular complexity index is 712. The normalized spacial score (nSPS) is 17.1. The van der Waals surface area contributed by atoms with Crippen LogP contribution in [-0.2, 0) is 11.2 Å². The van der Waals surface area contributed by atoms with E-state index in [-0.39, 0.29) is 23.9 Å². The van der Waals surface area contributed by atoms with Gasteiger partial charge in [-0.15, -0.1) is 0 Å². The highest BCUT2D eigenvalue weighted by molar-refractivity contribution is 6.31. The maximum absolute atomic E-state index is 13.9. The first-order chi connectivity index (χ1) is 11.6. The van der Waals surface area contributed by atoms with Crippen LogP contribution in [0.25, 0.3) is 0 Å². The van der Waals surface area contributed by atoms with Gasteiger partial charge in [0.2, 0.25) is 5.91 Å². The van der Waals surface area contributed by atoms with E-state index in [9.17, 15) is 9.18 Å². The zero-order valence-electron chi connectivity index (χ0n) is 13.5. The summed E-state index contributed by atoms with van der Waals surface area (Å²) in [6.07, 6.45) is 1.83. The van der Waals surface area contributed by atoms with Crippen molar-refractivity contribution in [1.29, 1.82) is 0 Å². The third kappa shape index (κ3) is 3.39. The molecule has 0 spiro atoms. The van der Waals surface area contributed by atoms with Gasteiger partial charge in [0.05, 0.1) is 19.6 Å². The largest absolute Gasteiger partial charge is 0.497 e. The molecule has 3 nitrogen and oxygen atoms in total. The van der Waals surface area contributed by atoms with Gasteiger partial charge in [-0.1, -0.05) is 29.8 Å². The Morgan fingerprint density at radius 2 is 2.04 bits per heavy atom. The fourth-order valence-corrected chi connectivity index (χ4v) is 3.42. The zero-order chi connectivity index (χ0) is 17.1. The average molecular weight is 348 g/mol. The molecule has 0 N–H and O–H groups in total. The number of hydrogen-bond acceptors (Lipinski definition) is 2. The number of carbonyl (C=O) groups excluding carboxylic acids is 1. The molecule has 0 radical (unpaired) electrons. The first kappa shape index (κ1) is 16.8. The SMILES string of the molecule is COc1ccc(C2CCCN2C(=O)Cc2c(F)cccc2Cl)cc1. The van der Waals surface area contributed by atoms with Crippen molar-refractivity contribution < 1.29 is 13.9 Å². The number of benzene rings is 2. The van der Waals surface area contributed by atoms with Gasteiger partial charge in [0, 0.05) is 17.1 Å². The summed E-state index contributed by atoms with van der Waals surface area (Å²) in [4.78, 5) is 14.5. The Morgan fingerprint density at radius 3 is 2.71 bits per heavy atom. The Morgan fingerprint density at radius 1 is 1.29 bits per heavy atom. The molecule has 0 aromatic heterocycles. The van der Waals surface area contributed by atoms with Gasteiger partial charge in [0.25, 0.3) is 0 Å². The molecule has 2 aromatic rings. The Hall–Kier alpha value is -2.07. The number of hydrogen-bond donors (Lipinski definition) is 0. The van der Waals surface area contributed by atoms with Gasteiger partial charge in [-0.2, -0.15) is 0 Å². The van der Waals surface area contributed by atoms with Crippen molar-refractivity contribution >= 4 is 17.5 Å². The van der Waals surface area contributed by atoms with Crippen molar-refractivity contribution in [2.45, 2.75) is 25.3 Å². The highest BCUT2D eigenvalue weighted by Crippen LogP contribution is 2.33. The number of methoxy groups -OCH3 is 1. The molecule has 2 aromatic carbocycles. The summed E-state index contributed by atoms with van der Waals surface area (Å²) in [6.45, 7) is 0.682. The van der Waals surface area contributed by atoms with Crippen molar-refractivity contribution in [3.05, 3.63) is 64.4 Å². The molecular formula is C19H19ClFNO2. The molecule has 1 unspecified atom stereocenters. The van der Waals surface area contributed by atoms with Crippen LogP contribution in [0.1, 0.15) is 30.0 Å². The number of ether oxygens (including phenoxy) is 1. The molecule has 1 amide bonds. The van der Waals surface area contributed by atoms with E-state index in [1.807, 2.05) is 29.2 Å². The van der Waals surface area contributed by atoms with Gasteiger partial charge >= 0.3 is 0 Å². The summed E-state index contributed by atoms with van der Waals surface area (Å²) in [5, 5.41) is 0.295. The van der Waals surface area contributed by atoms with Crippen molar-refractivity contribution in [3.63, 3.8) is 0 Å². The van der Waals surface area contributed by atoms with E-state index < -0.39 is 5.82 Å². The number of carbonyl (C=O) groups is 1. The lowest BCUT2D eigenvalue weighted by molar-refractivity contribution is -0.131. The van der Waals surface area contributed by atoms with E-state index in [1.165, 1.54) is 6.07 Å². The molecule has 3 rings (SSSR count). The molecule has 0 bridgehead atoms. The van der Waals surface area contributed by atoms with Crippen LogP contribution in [0.5, 0.6) is 5.75 Å². The quantitative estimate of drug-likeness (QED) is 0.820. The van der Waals surface area contributed by atoms with Crippen LogP contribution in [0.3, 0.4) is 0 Å². The second-order valence-corrected chi connectivity index (χ2v) is 6.30. The molecule has 24 heavy (non-hydrogen) atoms. The van der Waals surface area contributed by atoms with Gasteiger partial charge in [-0.25, -0.2) is 4.39 Å². The van der Waals surface area contributed by atoms with E-state index in [2.05, 4.69) is 0 Å². The minimum absolute atomic E-state index is 0.0157. The minimum Gasteiger partial charge on any atom is -0.497 e. The van der Waals surface area contributed by atoms with Gasteiger partial charge < -0.3 is 9.64 Å². The van der Waals surface area contributed by atoms with Crippen LogP contribution in [0.15, 0.2) is 42.5 Å². The summed E-state index contributed by atoms with van der Waals surface area (Å²) in [7, 11) is 1.62. The first-order valence-electron chi connectivity index (χ1n) is 7.96. The minimum atomic E-state index is -0.434. The van der Waals surface area contributed by atoms with Crippen LogP contribution in [0.2, 0.25) is 5.02 Å². The van der Waals surface area contributed by atoms with Crippen LogP contribution in [0.4, 0.5) is 4.39 Å². The Labute approximate surface area is 146 Å². The molecular weight excluding hydrogens is 329 g/mol. The smallest absolute Gasteiger partial charge is 0.227 e. The predicted octanol–water partition coefficient (Wildman–Crippen LogP) is 4.39. The molecule has 1 aliphatic heterocycles. The number of nitrogens with zero attached hydrogens (tertiary/aromatic N) is 1. The molecule has 126 valence electrons. The van der Waals surface area contributed by atoms with Gasteiger partial charge in [0.15, 0.2) is 0 Å². The summed E-state index contributed by atoms with van der Waals surface area (Å²) in [5.41, 5.74) is 1.34. The highest BCUT2D eigenvalue weighted by Gasteiger charge is 2.30. The topological polar surface area (TPSA) is 29.5 Å². The van der Waals surface area contributed by atoms with Gasteiger partial charge in [-0.05, 0) is 42.7 Å². The van der Waals surface area contributed by atoms with Gasteiger partial charge in [-0.3, -0.25) is 4.79 Å². The van der Waals surface area contributed by atoms with Crippen molar-refractivity contribution in [1.82, 2.24) is 4.90 Å². The van der Waals surface area contributed by atoms with E-state index in [0.717, 1.165) is 24.2 Å². The standard InChI is InChI=1S/C19H19ClFNO2/c1-24-14-9-7-13(8-10-14)18-6-3-11-22(18)19(23)12-15-16(20)4-2-5-17(15)21/h2,4-5,7-10,18H,3,6,11-12H2,1H3. The number of rotatable bonds is 4. The Kier molecular flexibility index (Phi) is 5.05. The van der Waals surface area contributed by atoms with E-state index >= 15 is 0 Å². The molecule has 1 atom stereocenters. The van der Waals surface area contributed by atoms with Crippen LogP contribution >= 0.6 is 11.6 Å². The molecule has 1 aliphatic rings. The summed E-state index contributed by atoms with van der Waals surface area (Å²) < 4.78 is 19.1. The lowest BCUT2D eigenvalue weighted by Crippen LogP contribution is -2.32. The van der Waals surface area contributed by atoms with Crippen LogP contribution in [0, 0.1) is 5.82 Å². The fourth-order valence-electron chi connectivity index (χ4n) is 3.19. The zero-order valence-corrected chi connectivity index (χ0v) is 14.2. The highest BCUT2D eigenvalue weighted by atomic mass is 35.5. The number of amides is 1. The third-order valence-electron chi connectivity index (χ3n) is 4.46. The van der Waals surface area contributed by atoms with E-state index in [4.69, 9.17) is 16.3 Å². The molecule has 1 heterocycles. The molecule has 5 heteroatoms.